The molecule has 0 unspecified atom stereocenters. The van der Waals surface area contributed by atoms with Crippen LogP contribution in [0.25, 0.3) is 0 Å². The van der Waals surface area contributed by atoms with E-state index >= 15 is 0 Å². The van der Waals surface area contributed by atoms with Gasteiger partial charge < -0.3 is 16.4 Å². The highest BCUT2D eigenvalue weighted by atomic mass is 16.1. The van der Waals surface area contributed by atoms with E-state index in [0.29, 0.717) is 25.0 Å². The molecule has 2 rings (SSSR count). The van der Waals surface area contributed by atoms with Crippen molar-refractivity contribution in [2.45, 2.75) is 51.1 Å². The second-order valence-electron chi connectivity index (χ2n) is 5.58. The molecule has 0 aliphatic heterocycles. The van der Waals surface area contributed by atoms with Gasteiger partial charge in [-0.3, -0.25) is 4.79 Å². The number of hydrogen-bond donors (Lipinski definition) is 3. The molecule has 0 heterocycles. The lowest BCUT2D eigenvalue weighted by Crippen LogP contribution is -2.32. The predicted octanol–water partition coefficient (Wildman–Crippen LogP) is 2.05. The van der Waals surface area contributed by atoms with E-state index in [1.165, 1.54) is 0 Å². The molecule has 1 saturated carbocycles. The molecule has 1 aliphatic rings. The lowest BCUT2D eigenvalue weighted by Gasteiger charge is -2.27. The Labute approximate surface area is 121 Å². The predicted molar refractivity (Wildman–Crippen MR) is 82.7 cm³/mol. The van der Waals surface area contributed by atoms with Crippen molar-refractivity contribution in [3.63, 3.8) is 0 Å². The first-order chi connectivity index (χ1) is 9.67. The Morgan fingerprint density at radius 3 is 2.45 bits per heavy atom. The summed E-state index contributed by atoms with van der Waals surface area (Å²) in [6, 6.07) is 9.07. The Morgan fingerprint density at radius 1 is 1.20 bits per heavy atom. The van der Waals surface area contributed by atoms with Crippen molar-refractivity contribution in [1.29, 1.82) is 0 Å². The minimum absolute atomic E-state index is 0.0782. The van der Waals surface area contributed by atoms with E-state index in [4.69, 9.17) is 5.73 Å². The Hall–Kier alpha value is -1.55. The van der Waals surface area contributed by atoms with Crippen LogP contribution in [0.2, 0.25) is 0 Å². The van der Waals surface area contributed by atoms with E-state index in [1.807, 2.05) is 19.1 Å². The van der Waals surface area contributed by atoms with Crippen molar-refractivity contribution >= 4 is 11.6 Å². The van der Waals surface area contributed by atoms with Gasteiger partial charge in [0.1, 0.15) is 0 Å². The van der Waals surface area contributed by atoms with Gasteiger partial charge in [-0.15, -0.1) is 0 Å². The molecule has 0 bridgehead atoms. The molecule has 1 fully saturated rings. The van der Waals surface area contributed by atoms with Gasteiger partial charge in [0.2, 0.25) is 5.91 Å². The van der Waals surface area contributed by atoms with Crippen LogP contribution in [0.5, 0.6) is 0 Å². The normalized spacial score (nSPS) is 22.3. The Morgan fingerprint density at radius 2 is 1.85 bits per heavy atom. The SMILES string of the molecule is CCNC(=O)Cc1ccc(NC2CCC(N)CC2)cc1. The van der Waals surface area contributed by atoms with Crippen LogP contribution in [0.3, 0.4) is 0 Å². The van der Waals surface area contributed by atoms with Gasteiger partial charge >= 0.3 is 0 Å². The van der Waals surface area contributed by atoms with E-state index in [9.17, 15) is 4.79 Å². The Balaban J connectivity index is 1.83. The second kappa shape index (κ2) is 7.29. The second-order valence-corrected chi connectivity index (χ2v) is 5.58. The fraction of sp³-hybridized carbons (Fsp3) is 0.562. The highest BCUT2D eigenvalue weighted by molar-refractivity contribution is 5.78. The van der Waals surface area contributed by atoms with E-state index in [1.54, 1.807) is 0 Å². The van der Waals surface area contributed by atoms with Crippen LogP contribution in [0, 0.1) is 0 Å². The van der Waals surface area contributed by atoms with Gasteiger partial charge in [-0.25, -0.2) is 0 Å². The van der Waals surface area contributed by atoms with Crippen LogP contribution >= 0.6 is 0 Å². The van der Waals surface area contributed by atoms with E-state index < -0.39 is 0 Å². The number of likely N-dealkylation sites (N-methyl/N-ethyl adjacent to an activating group) is 1. The number of nitrogens with two attached hydrogens (primary N) is 1. The van der Waals surface area contributed by atoms with Gasteiger partial charge in [-0.2, -0.15) is 0 Å². The van der Waals surface area contributed by atoms with E-state index in [0.717, 1.165) is 36.9 Å². The van der Waals surface area contributed by atoms with Gasteiger partial charge in [-0.1, -0.05) is 12.1 Å². The molecular formula is C16H25N3O. The molecule has 0 spiro atoms. The molecule has 4 N–H and O–H groups in total. The number of amides is 1. The van der Waals surface area contributed by atoms with Gasteiger partial charge in [0.15, 0.2) is 0 Å². The summed E-state index contributed by atoms with van der Waals surface area (Å²) in [5, 5.41) is 6.36. The van der Waals surface area contributed by atoms with Gasteiger partial charge in [0.25, 0.3) is 0 Å². The lowest BCUT2D eigenvalue weighted by atomic mass is 9.91. The van der Waals surface area contributed by atoms with Crippen LogP contribution in [0.15, 0.2) is 24.3 Å². The first-order valence-electron chi connectivity index (χ1n) is 7.55. The maximum absolute atomic E-state index is 11.5. The largest absolute Gasteiger partial charge is 0.382 e. The summed E-state index contributed by atoms with van der Waals surface area (Å²) < 4.78 is 0. The highest BCUT2D eigenvalue weighted by Crippen LogP contribution is 2.21. The zero-order valence-corrected chi connectivity index (χ0v) is 12.2. The monoisotopic (exact) mass is 275 g/mol. The lowest BCUT2D eigenvalue weighted by molar-refractivity contribution is -0.120. The number of nitrogens with one attached hydrogen (secondary N) is 2. The number of carbonyl (C=O) groups excluding carboxylic acids is 1. The number of rotatable bonds is 5. The van der Waals surface area contributed by atoms with Crippen molar-refractivity contribution in [3.8, 4) is 0 Å². The van der Waals surface area contributed by atoms with Gasteiger partial charge in [0.05, 0.1) is 6.42 Å². The number of carbonyl (C=O) groups is 1. The smallest absolute Gasteiger partial charge is 0.224 e. The van der Waals surface area contributed by atoms with Crippen LogP contribution in [0.1, 0.15) is 38.2 Å². The summed E-state index contributed by atoms with van der Waals surface area (Å²) in [7, 11) is 0. The molecule has 0 radical (unpaired) electrons. The first-order valence-corrected chi connectivity index (χ1v) is 7.55. The summed E-state index contributed by atoms with van der Waals surface area (Å²) in [5.74, 6) is 0.0782. The van der Waals surface area contributed by atoms with Crippen molar-refractivity contribution in [2.75, 3.05) is 11.9 Å². The summed E-state index contributed by atoms with van der Waals surface area (Å²) in [5.41, 5.74) is 8.09. The van der Waals surface area contributed by atoms with Crippen LogP contribution < -0.4 is 16.4 Å². The number of anilines is 1. The molecule has 20 heavy (non-hydrogen) atoms. The molecule has 0 saturated heterocycles. The maximum Gasteiger partial charge on any atom is 0.224 e. The molecule has 1 amide bonds. The van der Waals surface area contributed by atoms with Gasteiger partial charge in [0, 0.05) is 24.3 Å². The average molecular weight is 275 g/mol. The van der Waals surface area contributed by atoms with E-state index in [2.05, 4.69) is 22.8 Å². The third kappa shape index (κ3) is 4.53. The van der Waals surface area contributed by atoms with Crippen LogP contribution in [-0.2, 0) is 11.2 Å². The molecule has 0 aromatic heterocycles. The standard InChI is InChI=1S/C16H25N3O/c1-2-18-16(20)11-12-3-7-14(8-4-12)19-15-9-5-13(17)6-10-15/h3-4,7-8,13,15,19H,2,5-6,9-11,17H2,1H3,(H,18,20). The minimum Gasteiger partial charge on any atom is -0.382 e. The van der Waals surface area contributed by atoms with Crippen LogP contribution in [0.4, 0.5) is 5.69 Å². The number of hydrogen-bond acceptors (Lipinski definition) is 3. The zero-order chi connectivity index (χ0) is 14.4. The van der Waals surface area contributed by atoms with Crippen molar-refractivity contribution in [1.82, 2.24) is 5.32 Å². The summed E-state index contributed by atoms with van der Waals surface area (Å²) >= 11 is 0. The van der Waals surface area contributed by atoms with Crippen LogP contribution in [-0.4, -0.2) is 24.5 Å². The van der Waals surface area contributed by atoms with Crippen molar-refractivity contribution in [3.05, 3.63) is 29.8 Å². The maximum atomic E-state index is 11.5. The summed E-state index contributed by atoms with van der Waals surface area (Å²) in [6.07, 6.45) is 4.94. The number of benzene rings is 1. The molecule has 1 aromatic rings. The third-order valence-corrected chi connectivity index (χ3v) is 3.84. The first kappa shape index (κ1) is 14.9. The van der Waals surface area contributed by atoms with Crippen molar-refractivity contribution < 1.29 is 4.79 Å². The molecule has 1 aromatic carbocycles. The molecule has 110 valence electrons. The third-order valence-electron chi connectivity index (χ3n) is 3.84. The minimum atomic E-state index is 0.0782. The quantitative estimate of drug-likeness (QED) is 0.770. The Kier molecular flexibility index (Phi) is 5.41. The van der Waals surface area contributed by atoms with E-state index in [-0.39, 0.29) is 5.91 Å². The summed E-state index contributed by atoms with van der Waals surface area (Å²) in [4.78, 5) is 11.5. The molecule has 4 nitrogen and oxygen atoms in total. The molecule has 0 atom stereocenters. The molecular weight excluding hydrogens is 250 g/mol. The molecule has 1 aliphatic carbocycles. The fourth-order valence-electron chi connectivity index (χ4n) is 2.66. The van der Waals surface area contributed by atoms with Crippen molar-refractivity contribution in [2.24, 2.45) is 5.73 Å². The van der Waals surface area contributed by atoms with Gasteiger partial charge in [-0.05, 0) is 50.3 Å². The Bertz CT molecular complexity index is 422. The highest BCUT2D eigenvalue weighted by Gasteiger charge is 2.17. The average Bonchev–Trinajstić information content (AvgIpc) is 2.44. The molecule has 4 heteroatoms. The summed E-state index contributed by atoms with van der Waals surface area (Å²) in [6.45, 7) is 2.61. The topological polar surface area (TPSA) is 67.2 Å². The fourth-order valence-corrected chi connectivity index (χ4v) is 2.66. The zero-order valence-electron chi connectivity index (χ0n) is 12.2.